The Kier molecular flexibility index (Phi) is 3.49. The minimum absolute atomic E-state index is 0.256. The van der Waals surface area contributed by atoms with Crippen molar-refractivity contribution in [3.8, 4) is 11.8 Å². The highest BCUT2D eigenvalue weighted by Gasteiger charge is 2.01. The lowest BCUT2D eigenvalue weighted by atomic mass is 10.1. The van der Waals surface area contributed by atoms with Crippen molar-refractivity contribution in [3.63, 3.8) is 0 Å². The second-order valence-corrected chi connectivity index (χ2v) is 4.18. The molecule has 90 valence electrons. The van der Waals surface area contributed by atoms with E-state index >= 15 is 0 Å². The van der Waals surface area contributed by atoms with Crippen molar-refractivity contribution in [2.45, 2.75) is 13.5 Å². The van der Waals surface area contributed by atoms with Crippen LogP contribution in [0.4, 0.5) is 5.69 Å². The van der Waals surface area contributed by atoms with E-state index in [1.54, 1.807) is 12.1 Å². The summed E-state index contributed by atoms with van der Waals surface area (Å²) in [6.45, 7) is 2.59. The van der Waals surface area contributed by atoms with E-state index in [1.165, 1.54) is 0 Å². The molecule has 0 heterocycles. The number of hydrogen-bond acceptors (Lipinski definition) is 3. The largest absolute Gasteiger partial charge is 0.508 e. The molecular formula is C15H14N2O. The van der Waals surface area contributed by atoms with E-state index in [4.69, 9.17) is 5.26 Å². The van der Waals surface area contributed by atoms with Gasteiger partial charge in [-0.1, -0.05) is 18.2 Å². The number of aromatic hydroxyl groups is 1. The Morgan fingerprint density at radius 2 is 1.89 bits per heavy atom. The van der Waals surface area contributed by atoms with Crippen LogP contribution in [0.1, 0.15) is 16.7 Å². The molecule has 0 atom stereocenters. The molecular weight excluding hydrogens is 224 g/mol. The summed E-state index contributed by atoms with van der Waals surface area (Å²) in [5.41, 5.74) is 3.60. The molecule has 18 heavy (non-hydrogen) atoms. The number of phenolic OH excluding ortho intramolecular Hbond substituents is 1. The van der Waals surface area contributed by atoms with Crippen LogP contribution in [0, 0.1) is 18.3 Å². The van der Waals surface area contributed by atoms with E-state index in [9.17, 15) is 5.11 Å². The zero-order valence-electron chi connectivity index (χ0n) is 10.1. The molecule has 0 radical (unpaired) electrons. The van der Waals surface area contributed by atoms with E-state index in [0.717, 1.165) is 16.8 Å². The minimum Gasteiger partial charge on any atom is -0.508 e. The van der Waals surface area contributed by atoms with Crippen molar-refractivity contribution in [2.75, 3.05) is 5.32 Å². The van der Waals surface area contributed by atoms with E-state index in [-0.39, 0.29) is 5.75 Å². The lowest BCUT2D eigenvalue weighted by molar-refractivity contribution is 0.475. The molecule has 3 heteroatoms. The molecule has 0 unspecified atom stereocenters. The molecule has 0 aromatic heterocycles. The fourth-order valence-electron chi connectivity index (χ4n) is 1.72. The molecule has 0 amide bonds. The molecule has 0 fully saturated rings. The number of rotatable bonds is 3. The maximum absolute atomic E-state index is 9.19. The molecule has 0 spiro atoms. The molecule has 2 aromatic rings. The lowest BCUT2D eigenvalue weighted by Crippen LogP contribution is -2.01. The topological polar surface area (TPSA) is 56.0 Å². The molecule has 0 aliphatic heterocycles. The van der Waals surface area contributed by atoms with Crippen molar-refractivity contribution in [3.05, 3.63) is 59.2 Å². The maximum atomic E-state index is 9.19. The van der Waals surface area contributed by atoms with Gasteiger partial charge >= 0.3 is 0 Å². The molecule has 2 N–H and O–H groups in total. The third-order valence-electron chi connectivity index (χ3n) is 2.71. The third kappa shape index (κ3) is 2.80. The van der Waals surface area contributed by atoms with Gasteiger partial charge in [0.2, 0.25) is 0 Å². The Balaban J connectivity index is 2.11. The van der Waals surface area contributed by atoms with Crippen LogP contribution in [-0.2, 0) is 6.54 Å². The standard InChI is InChI=1S/C15H14N2O/c1-11-2-7-15(13(8-11)9-16)17-10-12-3-5-14(18)6-4-12/h2-8,17-18H,10H2,1H3. The normalized spacial score (nSPS) is 9.78. The Hall–Kier alpha value is -2.47. The van der Waals surface area contributed by atoms with Gasteiger partial charge in [0.15, 0.2) is 0 Å². The second kappa shape index (κ2) is 5.24. The number of phenols is 1. The van der Waals surface area contributed by atoms with E-state index in [1.807, 2.05) is 37.3 Å². The number of anilines is 1. The Morgan fingerprint density at radius 3 is 2.56 bits per heavy atom. The van der Waals surface area contributed by atoms with Gasteiger partial charge < -0.3 is 10.4 Å². The minimum atomic E-state index is 0.256. The van der Waals surface area contributed by atoms with Crippen molar-refractivity contribution in [2.24, 2.45) is 0 Å². The molecule has 3 nitrogen and oxygen atoms in total. The quantitative estimate of drug-likeness (QED) is 0.863. The first-order valence-electron chi connectivity index (χ1n) is 5.71. The number of benzene rings is 2. The number of nitrogens with zero attached hydrogens (tertiary/aromatic N) is 1. The fourth-order valence-corrected chi connectivity index (χ4v) is 1.72. The fraction of sp³-hybridized carbons (Fsp3) is 0.133. The van der Waals surface area contributed by atoms with Crippen LogP contribution >= 0.6 is 0 Å². The predicted octanol–water partition coefficient (Wildman–Crippen LogP) is 3.18. The molecule has 0 saturated heterocycles. The van der Waals surface area contributed by atoms with Crippen molar-refractivity contribution in [1.29, 1.82) is 5.26 Å². The highest BCUT2D eigenvalue weighted by molar-refractivity contribution is 5.58. The summed E-state index contributed by atoms with van der Waals surface area (Å²) in [5, 5.41) is 21.5. The zero-order valence-corrected chi connectivity index (χ0v) is 10.1. The van der Waals surface area contributed by atoms with Gasteiger partial charge in [-0.05, 0) is 42.3 Å². The third-order valence-corrected chi connectivity index (χ3v) is 2.71. The number of hydrogen-bond donors (Lipinski definition) is 2. The molecule has 0 aliphatic rings. The van der Waals surface area contributed by atoms with Gasteiger partial charge in [-0.25, -0.2) is 0 Å². The first kappa shape index (κ1) is 12.0. The smallest absolute Gasteiger partial charge is 0.115 e. The summed E-state index contributed by atoms with van der Waals surface area (Å²) >= 11 is 0. The van der Waals surface area contributed by atoms with Crippen LogP contribution in [0.3, 0.4) is 0 Å². The van der Waals surface area contributed by atoms with E-state index in [2.05, 4.69) is 11.4 Å². The van der Waals surface area contributed by atoms with Crippen LogP contribution in [0.2, 0.25) is 0 Å². The Labute approximate surface area is 106 Å². The average Bonchev–Trinajstić information content (AvgIpc) is 2.39. The van der Waals surface area contributed by atoms with Crippen LogP contribution in [0.15, 0.2) is 42.5 Å². The number of aryl methyl sites for hydroxylation is 1. The zero-order chi connectivity index (χ0) is 13.0. The predicted molar refractivity (Wildman–Crippen MR) is 71.3 cm³/mol. The SMILES string of the molecule is Cc1ccc(NCc2ccc(O)cc2)c(C#N)c1. The highest BCUT2D eigenvalue weighted by atomic mass is 16.3. The van der Waals surface area contributed by atoms with Gasteiger partial charge in [0.25, 0.3) is 0 Å². The summed E-state index contributed by atoms with van der Waals surface area (Å²) in [7, 11) is 0. The molecule has 0 bridgehead atoms. The maximum Gasteiger partial charge on any atom is 0.115 e. The summed E-state index contributed by atoms with van der Waals surface area (Å²) in [4.78, 5) is 0. The first-order chi connectivity index (χ1) is 8.69. The van der Waals surface area contributed by atoms with Crippen LogP contribution in [0.25, 0.3) is 0 Å². The van der Waals surface area contributed by atoms with Crippen molar-refractivity contribution >= 4 is 5.69 Å². The van der Waals surface area contributed by atoms with Crippen LogP contribution in [0.5, 0.6) is 5.75 Å². The Morgan fingerprint density at radius 1 is 1.17 bits per heavy atom. The van der Waals surface area contributed by atoms with Gasteiger partial charge in [-0.15, -0.1) is 0 Å². The number of nitrogens with one attached hydrogen (secondary N) is 1. The average molecular weight is 238 g/mol. The summed E-state index contributed by atoms with van der Waals surface area (Å²) in [6.07, 6.45) is 0. The molecule has 2 aromatic carbocycles. The van der Waals surface area contributed by atoms with Gasteiger partial charge in [-0.3, -0.25) is 0 Å². The number of nitriles is 1. The van der Waals surface area contributed by atoms with Gasteiger partial charge in [0.1, 0.15) is 11.8 Å². The van der Waals surface area contributed by atoms with E-state index in [0.29, 0.717) is 12.1 Å². The summed E-state index contributed by atoms with van der Waals surface area (Å²) < 4.78 is 0. The van der Waals surface area contributed by atoms with Gasteiger partial charge in [0.05, 0.1) is 11.3 Å². The highest BCUT2D eigenvalue weighted by Crippen LogP contribution is 2.18. The molecule has 0 aliphatic carbocycles. The van der Waals surface area contributed by atoms with Gasteiger partial charge in [-0.2, -0.15) is 5.26 Å². The lowest BCUT2D eigenvalue weighted by Gasteiger charge is -2.09. The van der Waals surface area contributed by atoms with Crippen LogP contribution in [-0.4, -0.2) is 5.11 Å². The van der Waals surface area contributed by atoms with Crippen LogP contribution < -0.4 is 5.32 Å². The monoisotopic (exact) mass is 238 g/mol. The molecule has 0 saturated carbocycles. The second-order valence-electron chi connectivity index (χ2n) is 4.18. The Bertz CT molecular complexity index is 582. The summed E-state index contributed by atoms with van der Waals surface area (Å²) in [6, 6.07) is 14.9. The van der Waals surface area contributed by atoms with Gasteiger partial charge in [0, 0.05) is 6.54 Å². The first-order valence-corrected chi connectivity index (χ1v) is 5.71. The van der Waals surface area contributed by atoms with Crippen molar-refractivity contribution in [1.82, 2.24) is 0 Å². The molecule has 2 rings (SSSR count). The van der Waals surface area contributed by atoms with Crippen molar-refractivity contribution < 1.29 is 5.11 Å². The van der Waals surface area contributed by atoms with E-state index < -0.39 is 0 Å². The summed E-state index contributed by atoms with van der Waals surface area (Å²) in [5.74, 6) is 0.256.